The Morgan fingerprint density at radius 1 is 1.33 bits per heavy atom. The maximum Gasteiger partial charge on any atom is 0.0960 e. The largest absolute Gasteiger partial charge is 0.374 e. The Bertz CT molecular complexity index is 505. The van der Waals surface area contributed by atoms with E-state index >= 15 is 0 Å². The van der Waals surface area contributed by atoms with Crippen LogP contribution in [0, 0.1) is 0 Å². The second-order valence-corrected chi connectivity index (χ2v) is 4.75. The van der Waals surface area contributed by atoms with Crippen LogP contribution in [0.3, 0.4) is 0 Å². The maximum absolute atomic E-state index is 5.65. The summed E-state index contributed by atoms with van der Waals surface area (Å²) in [7, 11) is 1.96. The first-order chi connectivity index (χ1) is 8.68. The van der Waals surface area contributed by atoms with Gasteiger partial charge in [0.25, 0.3) is 0 Å². The van der Waals surface area contributed by atoms with Crippen LogP contribution in [0.4, 0.5) is 0 Å². The summed E-state index contributed by atoms with van der Waals surface area (Å²) < 4.78 is 7.56. The van der Waals surface area contributed by atoms with Gasteiger partial charge < -0.3 is 10.1 Å². The zero-order valence-electron chi connectivity index (χ0n) is 11.3. The molecule has 0 saturated carbocycles. The number of aromatic nitrogens is 2. The highest BCUT2D eigenvalue weighted by Gasteiger charge is 2.07. The fraction of sp³-hybridized carbons (Fsp3) is 0.500. The number of hydrogen-bond acceptors (Lipinski definition) is 3. The van der Waals surface area contributed by atoms with Crippen LogP contribution in [0.1, 0.15) is 19.5 Å². The van der Waals surface area contributed by atoms with Crippen molar-refractivity contribution < 1.29 is 4.74 Å². The van der Waals surface area contributed by atoms with E-state index in [4.69, 9.17) is 4.74 Å². The van der Waals surface area contributed by atoms with Gasteiger partial charge in [0.1, 0.15) is 0 Å². The van der Waals surface area contributed by atoms with Crippen molar-refractivity contribution in [1.29, 1.82) is 0 Å². The van der Waals surface area contributed by atoms with E-state index in [1.807, 2.05) is 23.9 Å². The molecule has 0 atom stereocenters. The smallest absolute Gasteiger partial charge is 0.0960 e. The van der Waals surface area contributed by atoms with Crippen molar-refractivity contribution in [3.8, 4) is 0 Å². The molecule has 4 heteroatoms. The Balaban J connectivity index is 1.92. The third-order valence-corrected chi connectivity index (χ3v) is 2.87. The lowest BCUT2D eigenvalue weighted by Crippen LogP contribution is -2.26. The van der Waals surface area contributed by atoms with Gasteiger partial charge in [0.2, 0.25) is 0 Å². The third kappa shape index (κ3) is 3.09. The van der Waals surface area contributed by atoms with Crippen molar-refractivity contribution >= 4 is 10.9 Å². The second kappa shape index (κ2) is 5.98. The van der Waals surface area contributed by atoms with E-state index in [2.05, 4.69) is 36.4 Å². The third-order valence-electron chi connectivity index (χ3n) is 2.87. The molecule has 1 aromatic carbocycles. The number of aryl methyl sites for hydroxylation is 1. The summed E-state index contributed by atoms with van der Waals surface area (Å²) >= 11 is 0. The molecular weight excluding hydrogens is 226 g/mol. The molecule has 0 aliphatic heterocycles. The van der Waals surface area contributed by atoms with Gasteiger partial charge in [-0.25, -0.2) is 0 Å². The van der Waals surface area contributed by atoms with Gasteiger partial charge in [-0.3, -0.25) is 4.68 Å². The number of fused-ring (bicyclic) bond motifs is 1. The van der Waals surface area contributed by atoms with E-state index in [-0.39, 0.29) is 0 Å². The highest BCUT2D eigenvalue weighted by Crippen LogP contribution is 2.17. The number of para-hydroxylation sites is 1. The summed E-state index contributed by atoms with van der Waals surface area (Å²) in [4.78, 5) is 0. The molecule has 0 aliphatic rings. The van der Waals surface area contributed by atoms with E-state index in [0.717, 1.165) is 17.8 Å². The van der Waals surface area contributed by atoms with Crippen molar-refractivity contribution in [2.24, 2.45) is 7.05 Å². The fourth-order valence-corrected chi connectivity index (χ4v) is 1.98. The average Bonchev–Trinajstić information content (AvgIpc) is 2.66. The maximum atomic E-state index is 5.65. The molecule has 0 spiro atoms. The van der Waals surface area contributed by atoms with Crippen molar-refractivity contribution in [2.75, 3.05) is 13.2 Å². The molecule has 0 fully saturated rings. The minimum absolute atomic E-state index is 0.504. The molecule has 0 aliphatic carbocycles. The van der Waals surface area contributed by atoms with Gasteiger partial charge in [0.15, 0.2) is 0 Å². The van der Waals surface area contributed by atoms with Gasteiger partial charge in [-0.15, -0.1) is 0 Å². The Labute approximate surface area is 108 Å². The van der Waals surface area contributed by atoms with E-state index in [1.165, 1.54) is 5.39 Å². The normalized spacial score (nSPS) is 11.6. The molecular formula is C14H21N3O. The van der Waals surface area contributed by atoms with E-state index in [9.17, 15) is 0 Å². The highest BCUT2D eigenvalue weighted by atomic mass is 16.5. The lowest BCUT2D eigenvalue weighted by Gasteiger charge is -2.07. The monoisotopic (exact) mass is 247 g/mol. The topological polar surface area (TPSA) is 39.1 Å². The Morgan fingerprint density at radius 3 is 2.89 bits per heavy atom. The molecule has 2 aromatic rings. The van der Waals surface area contributed by atoms with E-state index in [0.29, 0.717) is 19.3 Å². The van der Waals surface area contributed by atoms with Crippen LogP contribution in [-0.2, 0) is 18.4 Å². The summed E-state index contributed by atoms with van der Waals surface area (Å²) in [5, 5.41) is 8.99. The first-order valence-corrected chi connectivity index (χ1v) is 6.40. The summed E-state index contributed by atoms with van der Waals surface area (Å²) in [5.74, 6) is 0. The average molecular weight is 247 g/mol. The standard InChI is InChI=1S/C14H21N3O/c1-11(2)15-8-9-18-10-13-12-6-4-5-7-14(12)17(3)16-13/h4-7,11,15H,8-10H2,1-3H3. The highest BCUT2D eigenvalue weighted by molar-refractivity contribution is 5.81. The van der Waals surface area contributed by atoms with E-state index in [1.54, 1.807) is 0 Å². The van der Waals surface area contributed by atoms with Gasteiger partial charge in [0, 0.05) is 25.0 Å². The fourth-order valence-electron chi connectivity index (χ4n) is 1.98. The van der Waals surface area contributed by atoms with Crippen molar-refractivity contribution in [2.45, 2.75) is 26.5 Å². The molecule has 0 unspecified atom stereocenters. The van der Waals surface area contributed by atoms with Crippen LogP contribution in [0.5, 0.6) is 0 Å². The minimum Gasteiger partial charge on any atom is -0.374 e. The number of benzene rings is 1. The number of hydrogen-bond donors (Lipinski definition) is 1. The van der Waals surface area contributed by atoms with Crippen LogP contribution in [0.25, 0.3) is 10.9 Å². The molecule has 0 bridgehead atoms. The lowest BCUT2D eigenvalue weighted by molar-refractivity contribution is 0.119. The molecule has 0 amide bonds. The van der Waals surface area contributed by atoms with Crippen LogP contribution in [-0.4, -0.2) is 29.0 Å². The number of nitrogens with zero attached hydrogens (tertiary/aromatic N) is 2. The molecule has 0 saturated heterocycles. The van der Waals surface area contributed by atoms with Crippen LogP contribution >= 0.6 is 0 Å². The zero-order valence-corrected chi connectivity index (χ0v) is 11.3. The summed E-state index contributed by atoms with van der Waals surface area (Å²) in [6.07, 6.45) is 0. The van der Waals surface area contributed by atoms with Crippen LogP contribution in [0.15, 0.2) is 24.3 Å². The molecule has 2 rings (SSSR count). The number of rotatable bonds is 6. The predicted molar refractivity (Wildman–Crippen MR) is 73.5 cm³/mol. The van der Waals surface area contributed by atoms with Gasteiger partial charge in [-0.1, -0.05) is 32.0 Å². The van der Waals surface area contributed by atoms with Crippen LogP contribution in [0.2, 0.25) is 0 Å². The van der Waals surface area contributed by atoms with Gasteiger partial charge >= 0.3 is 0 Å². The van der Waals surface area contributed by atoms with Crippen molar-refractivity contribution in [3.05, 3.63) is 30.0 Å². The minimum atomic E-state index is 0.504. The molecule has 18 heavy (non-hydrogen) atoms. The molecule has 98 valence electrons. The van der Waals surface area contributed by atoms with Crippen molar-refractivity contribution in [3.63, 3.8) is 0 Å². The second-order valence-electron chi connectivity index (χ2n) is 4.75. The van der Waals surface area contributed by atoms with Crippen molar-refractivity contribution in [1.82, 2.24) is 15.1 Å². The summed E-state index contributed by atoms with van der Waals surface area (Å²) in [6, 6.07) is 8.73. The van der Waals surface area contributed by atoms with Gasteiger partial charge in [-0.2, -0.15) is 5.10 Å². The first kappa shape index (κ1) is 13.1. The number of nitrogens with one attached hydrogen (secondary N) is 1. The SMILES string of the molecule is CC(C)NCCOCc1nn(C)c2ccccc12. The molecule has 1 heterocycles. The van der Waals surface area contributed by atoms with Gasteiger partial charge in [0.05, 0.1) is 24.4 Å². The number of ether oxygens (including phenoxy) is 1. The Kier molecular flexibility index (Phi) is 4.33. The van der Waals surface area contributed by atoms with E-state index < -0.39 is 0 Å². The quantitative estimate of drug-likeness (QED) is 0.794. The molecule has 4 nitrogen and oxygen atoms in total. The first-order valence-electron chi connectivity index (χ1n) is 6.40. The molecule has 1 N–H and O–H groups in total. The Hall–Kier alpha value is -1.39. The zero-order chi connectivity index (χ0) is 13.0. The predicted octanol–water partition coefficient (Wildman–Crippen LogP) is 2.09. The summed E-state index contributed by atoms with van der Waals surface area (Å²) in [6.45, 7) is 6.42. The Morgan fingerprint density at radius 2 is 2.11 bits per heavy atom. The van der Waals surface area contributed by atoms with Crippen LogP contribution < -0.4 is 5.32 Å². The lowest BCUT2D eigenvalue weighted by atomic mass is 10.2. The molecule has 0 radical (unpaired) electrons. The summed E-state index contributed by atoms with van der Waals surface area (Å²) in [5.41, 5.74) is 2.16. The molecule has 1 aromatic heterocycles. The van der Waals surface area contributed by atoms with Gasteiger partial charge in [-0.05, 0) is 6.07 Å².